The molecular weight excluding hydrogens is 416 g/mol. The minimum atomic E-state index is 0.853. The van der Waals surface area contributed by atoms with Crippen LogP contribution in [-0.4, -0.2) is 0 Å². The fourth-order valence-corrected chi connectivity index (χ4v) is 3.97. The molecule has 0 amide bonds. The van der Waals surface area contributed by atoms with Crippen LogP contribution in [0, 0.1) is 13.8 Å². The lowest BCUT2D eigenvalue weighted by Gasteiger charge is -2.06. The van der Waals surface area contributed by atoms with Gasteiger partial charge >= 0.3 is 0 Å². The van der Waals surface area contributed by atoms with Crippen LogP contribution in [0.15, 0.2) is 72.8 Å². The molecule has 4 rings (SSSR count). The molecule has 0 bridgehead atoms. The van der Waals surface area contributed by atoms with Gasteiger partial charge in [-0.2, -0.15) is 9.13 Å². The zero-order valence-electron chi connectivity index (χ0n) is 21.8. The van der Waals surface area contributed by atoms with Gasteiger partial charge < -0.3 is 11.5 Å². The van der Waals surface area contributed by atoms with Crippen LogP contribution in [0.1, 0.15) is 51.4 Å². The van der Waals surface area contributed by atoms with Gasteiger partial charge in [-0.15, -0.1) is 0 Å². The average molecular weight is 459 g/mol. The molecule has 0 unspecified atom stereocenters. The summed E-state index contributed by atoms with van der Waals surface area (Å²) >= 11 is 0. The predicted octanol–water partition coefficient (Wildman–Crippen LogP) is 6.35. The van der Waals surface area contributed by atoms with Crippen LogP contribution >= 0.6 is 0 Å². The molecule has 180 valence electrons. The molecular formula is C30H42N4+2. The molecule has 0 spiro atoms. The number of nitrogens with two attached hydrogens (primary N) is 2. The summed E-state index contributed by atoms with van der Waals surface area (Å²) in [5.74, 6) is 0. The number of hydrogen-bond donors (Lipinski definition) is 2. The molecule has 0 radical (unpaired) electrons. The highest BCUT2D eigenvalue weighted by molar-refractivity contribution is 5.88. The molecule has 4 nitrogen and oxygen atoms in total. The molecule has 0 aliphatic rings. The number of anilines is 2. The molecule has 4 N–H and O–H groups in total. The van der Waals surface area contributed by atoms with Crippen LogP contribution in [0.2, 0.25) is 0 Å². The maximum Gasteiger partial charge on any atom is 0.214 e. The zero-order valence-corrected chi connectivity index (χ0v) is 21.8. The number of allylic oxidation sites excluding steroid dienone is 2. The van der Waals surface area contributed by atoms with Crippen LogP contribution in [-0.2, 0) is 13.6 Å². The highest BCUT2D eigenvalue weighted by Gasteiger charge is 2.14. The summed E-state index contributed by atoms with van der Waals surface area (Å²) in [6.45, 7) is 11.6. The standard InChI is InChI=1S/C14H18N2.C11H12N2.C5H10/c1-3-4-9-16-11(2)10-13(15)12-7-5-6-8-14(12)16;1-8-7-10(12)9-5-3-4-6-11(9)13(8)2;1-3-5-4-2/h5-8,10,15H,3-4,9H2,1-2H3;3-7,12H,1-2H3;3,5H,4H2,1-2H3/p+2/b;;5-3+. The number of aryl methyl sites for hydroxylation is 4. The van der Waals surface area contributed by atoms with Crippen LogP contribution in [0.3, 0.4) is 0 Å². The third-order valence-electron chi connectivity index (χ3n) is 5.97. The minimum Gasteiger partial charge on any atom is -0.398 e. The Bertz CT molecular complexity index is 1240. The lowest BCUT2D eigenvalue weighted by atomic mass is 10.1. The quantitative estimate of drug-likeness (QED) is 0.277. The van der Waals surface area contributed by atoms with Crippen molar-refractivity contribution in [2.45, 2.75) is 60.4 Å². The Labute approximate surface area is 205 Å². The molecule has 0 saturated carbocycles. The summed E-state index contributed by atoms with van der Waals surface area (Å²) in [5.41, 5.74) is 18.5. The zero-order chi connectivity index (χ0) is 25.1. The van der Waals surface area contributed by atoms with Gasteiger partial charge in [-0.1, -0.05) is 56.7 Å². The van der Waals surface area contributed by atoms with Crippen LogP contribution in [0.25, 0.3) is 21.8 Å². The molecule has 34 heavy (non-hydrogen) atoms. The minimum absolute atomic E-state index is 0.853. The van der Waals surface area contributed by atoms with Crippen molar-refractivity contribution >= 4 is 33.2 Å². The van der Waals surface area contributed by atoms with E-state index in [9.17, 15) is 0 Å². The molecule has 0 atom stereocenters. The van der Waals surface area contributed by atoms with E-state index in [1.807, 2.05) is 37.3 Å². The second-order valence-corrected chi connectivity index (χ2v) is 8.56. The average Bonchev–Trinajstić information content (AvgIpc) is 2.84. The number of para-hydroxylation sites is 2. The maximum atomic E-state index is 6.04. The smallest absolute Gasteiger partial charge is 0.214 e. The van der Waals surface area contributed by atoms with Crippen molar-refractivity contribution < 1.29 is 9.13 Å². The molecule has 0 aliphatic carbocycles. The van der Waals surface area contributed by atoms with E-state index < -0.39 is 0 Å². The van der Waals surface area contributed by atoms with Gasteiger partial charge in [-0.25, -0.2) is 0 Å². The Kier molecular flexibility index (Phi) is 10.5. The van der Waals surface area contributed by atoms with Crippen molar-refractivity contribution in [2.24, 2.45) is 7.05 Å². The van der Waals surface area contributed by atoms with Gasteiger partial charge in [0.2, 0.25) is 11.0 Å². The van der Waals surface area contributed by atoms with E-state index in [2.05, 4.69) is 86.4 Å². The summed E-state index contributed by atoms with van der Waals surface area (Å²) in [4.78, 5) is 0. The van der Waals surface area contributed by atoms with Gasteiger partial charge in [0, 0.05) is 44.5 Å². The Morgan fingerprint density at radius 1 is 0.794 bits per heavy atom. The number of fused-ring (bicyclic) bond motifs is 2. The second kappa shape index (κ2) is 13.3. The Morgan fingerprint density at radius 2 is 1.32 bits per heavy atom. The van der Waals surface area contributed by atoms with Gasteiger partial charge in [-0.3, -0.25) is 0 Å². The fraction of sp³-hybridized carbons (Fsp3) is 0.333. The Morgan fingerprint density at radius 3 is 1.85 bits per heavy atom. The molecule has 4 heteroatoms. The Balaban J connectivity index is 0.000000204. The fourth-order valence-electron chi connectivity index (χ4n) is 3.97. The monoisotopic (exact) mass is 458 g/mol. The number of nitrogen functional groups attached to an aromatic ring is 2. The van der Waals surface area contributed by atoms with Crippen molar-refractivity contribution in [3.8, 4) is 0 Å². The van der Waals surface area contributed by atoms with Crippen molar-refractivity contribution in [2.75, 3.05) is 11.5 Å². The van der Waals surface area contributed by atoms with E-state index in [0.29, 0.717) is 0 Å². The van der Waals surface area contributed by atoms with E-state index in [0.717, 1.165) is 35.1 Å². The summed E-state index contributed by atoms with van der Waals surface area (Å²) in [7, 11) is 2.05. The largest absolute Gasteiger partial charge is 0.398 e. The lowest BCUT2D eigenvalue weighted by molar-refractivity contribution is -0.677. The third kappa shape index (κ3) is 6.80. The number of hydrogen-bond acceptors (Lipinski definition) is 2. The van der Waals surface area contributed by atoms with Crippen molar-refractivity contribution in [1.29, 1.82) is 0 Å². The first-order chi connectivity index (χ1) is 16.3. The molecule has 4 aromatic rings. The van der Waals surface area contributed by atoms with E-state index >= 15 is 0 Å². The molecule has 2 heterocycles. The Hall–Kier alpha value is -3.40. The van der Waals surface area contributed by atoms with Crippen molar-refractivity contribution in [3.05, 3.63) is 84.2 Å². The van der Waals surface area contributed by atoms with Crippen molar-refractivity contribution in [3.63, 3.8) is 0 Å². The number of unbranched alkanes of at least 4 members (excludes halogenated alkanes) is 1. The second-order valence-electron chi connectivity index (χ2n) is 8.56. The molecule has 0 saturated heterocycles. The lowest BCUT2D eigenvalue weighted by Crippen LogP contribution is -2.38. The highest BCUT2D eigenvalue weighted by Crippen LogP contribution is 2.19. The first kappa shape index (κ1) is 26.8. The van der Waals surface area contributed by atoms with Crippen LogP contribution in [0.4, 0.5) is 11.4 Å². The summed E-state index contributed by atoms with van der Waals surface area (Å²) in [6.07, 6.45) is 7.76. The number of rotatable bonds is 4. The van der Waals surface area contributed by atoms with Gasteiger partial charge in [0.05, 0.1) is 22.1 Å². The summed E-state index contributed by atoms with van der Waals surface area (Å²) < 4.78 is 4.50. The van der Waals surface area contributed by atoms with Gasteiger partial charge in [0.1, 0.15) is 13.6 Å². The summed E-state index contributed by atoms with van der Waals surface area (Å²) in [5, 5.41) is 2.28. The number of pyridine rings is 2. The van der Waals surface area contributed by atoms with Crippen molar-refractivity contribution in [1.82, 2.24) is 0 Å². The molecule has 2 aromatic carbocycles. The number of nitrogens with zero attached hydrogens (tertiary/aromatic N) is 2. The maximum absolute atomic E-state index is 6.04. The van der Waals surface area contributed by atoms with E-state index in [1.54, 1.807) is 0 Å². The number of benzene rings is 2. The highest BCUT2D eigenvalue weighted by atomic mass is 15.0. The summed E-state index contributed by atoms with van der Waals surface area (Å²) in [6, 6.07) is 20.6. The van der Waals surface area contributed by atoms with Crippen LogP contribution < -0.4 is 20.6 Å². The normalized spacial score (nSPS) is 10.6. The van der Waals surface area contributed by atoms with E-state index in [4.69, 9.17) is 11.5 Å². The van der Waals surface area contributed by atoms with E-state index in [-0.39, 0.29) is 0 Å². The first-order valence-corrected chi connectivity index (χ1v) is 12.3. The molecule has 0 fully saturated rings. The van der Waals surface area contributed by atoms with E-state index in [1.165, 1.54) is 35.3 Å². The van der Waals surface area contributed by atoms with Gasteiger partial charge in [0.15, 0.2) is 11.4 Å². The number of aromatic nitrogens is 2. The third-order valence-corrected chi connectivity index (χ3v) is 5.97. The van der Waals surface area contributed by atoms with Gasteiger partial charge in [0.25, 0.3) is 0 Å². The SMILES string of the molecule is C/C=C/CC.CCCC[n+]1c(C)cc(N)c2ccccc21.Cc1cc(N)c2ccccc2[n+]1C. The predicted molar refractivity (Wildman–Crippen MR) is 148 cm³/mol. The topological polar surface area (TPSA) is 59.8 Å². The molecule has 2 aromatic heterocycles. The van der Waals surface area contributed by atoms with Gasteiger partial charge in [-0.05, 0) is 25.5 Å². The first-order valence-electron chi connectivity index (χ1n) is 12.3. The van der Waals surface area contributed by atoms with Crippen LogP contribution in [0.5, 0.6) is 0 Å². The molecule has 0 aliphatic heterocycles.